The highest BCUT2D eigenvalue weighted by Gasteiger charge is 2.24. The molecule has 1 aliphatic rings. The monoisotopic (exact) mass is 443 g/mol. The molecule has 0 spiro atoms. The Balaban J connectivity index is 1.98. The maximum absolute atomic E-state index is 12.0. The van der Waals surface area contributed by atoms with E-state index in [0.29, 0.717) is 15.6 Å². The number of rotatable bonds is 2. The Morgan fingerprint density at radius 3 is 2.59 bits per heavy atom. The Kier molecular flexibility index (Phi) is 4.52. The number of hydrogen-bond acceptors (Lipinski definition) is 3. The van der Waals surface area contributed by atoms with Crippen LogP contribution < -0.4 is 0 Å². The smallest absolute Gasteiger partial charge is 0.363 e. The average Bonchev–Trinajstić information content (AvgIpc) is 2.85. The van der Waals surface area contributed by atoms with Crippen molar-refractivity contribution in [2.75, 3.05) is 0 Å². The molecule has 2 aromatic rings. The zero-order valence-electron chi connectivity index (χ0n) is 11.0. The van der Waals surface area contributed by atoms with E-state index in [1.54, 1.807) is 24.3 Å². The minimum Gasteiger partial charge on any atom is -0.402 e. The Hall–Kier alpha value is -1.37. The first-order valence-corrected chi connectivity index (χ1v) is 8.10. The molecule has 0 radical (unpaired) electrons. The number of nitrogens with zero attached hydrogens (tertiary/aromatic N) is 1. The molecule has 0 aromatic heterocycles. The highest BCUT2D eigenvalue weighted by Crippen LogP contribution is 2.26. The molecule has 0 fully saturated rings. The number of carbonyl (C=O) groups excluding carboxylic acids is 1. The van der Waals surface area contributed by atoms with Gasteiger partial charge in [0.25, 0.3) is 0 Å². The van der Waals surface area contributed by atoms with Crippen LogP contribution >= 0.6 is 45.8 Å². The van der Waals surface area contributed by atoms with Gasteiger partial charge < -0.3 is 4.74 Å². The molecule has 2 aromatic carbocycles. The van der Waals surface area contributed by atoms with Gasteiger partial charge in [0.2, 0.25) is 5.90 Å². The van der Waals surface area contributed by atoms with Crippen LogP contribution in [0.2, 0.25) is 10.0 Å². The molecule has 110 valence electrons. The summed E-state index contributed by atoms with van der Waals surface area (Å²) in [6.45, 7) is 0. The van der Waals surface area contributed by atoms with E-state index < -0.39 is 5.97 Å². The maximum Gasteiger partial charge on any atom is 0.363 e. The standard InChI is InChI=1S/C16H8Cl2INO2/c17-11-6-5-10(7-12(11)18)15-20-14(16(21)22-15)8-9-3-1-2-4-13(9)19/h1-8H/b14-8-. The molecule has 1 aliphatic heterocycles. The first-order chi connectivity index (χ1) is 10.5. The van der Waals surface area contributed by atoms with Gasteiger partial charge in [0.05, 0.1) is 10.0 Å². The van der Waals surface area contributed by atoms with E-state index in [2.05, 4.69) is 27.6 Å². The lowest BCUT2D eigenvalue weighted by Crippen LogP contribution is -2.05. The summed E-state index contributed by atoms with van der Waals surface area (Å²) in [6.07, 6.45) is 1.70. The Morgan fingerprint density at radius 1 is 1.09 bits per heavy atom. The van der Waals surface area contributed by atoms with Gasteiger partial charge in [-0.3, -0.25) is 0 Å². The number of aliphatic imine (C=N–C) groups is 1. The molecule has 1 heterocycles. The Morgan fingerprint density at radius 2 is 1.86 bits per heavy atom. The molecule has 0 bridgehead atoms. The van der Waals surface area contributed by atoms with Crippen LogP contribution in [-0.4, -0.2) is 11.9 Å². The average molecular weight is 444 g/mol. The molecule has 6 heteroatoms. The Labute approximate surface area is 150 Å². The van der Waals surface area contributed by atoms with Crippen LogP contribution in [0.15, 0.2) is 53.2 Å². The topological polar surface area (TPSA) is 38.7 Å². The van der Waals surface area contributed by atoms with Crippen molar-refractivity contribution in [2.45, 2.75) is 0 Å². The van der Waals surface area contributed by atoms with Crippen molar-refractivity contribution >= 4 is 63.7 Å². The quantitative estimate of drug-likeness (QED) is 0.374. The van der Waals surface area contributed by atoms with E-state index in [4.69, 9.17) is 27.9 Å². The largest absolute Gasteiger partial charge is 0.402 e. The van der Waals surface area contributed by atoms with Gasteiger partial charge in [-0.25, -0.2) is 9.79 Å². The summed E-state index contributed by atoms with van der Waals surface area (Å²) >= 11 is 14.1. The van der Waals surface area contributed by atoms with Crippen LogP contribution in [-0.2, 0) is 9.53 Å². The SMILES string of the molecule is O=C1OC(c2ccc(Cl)c(Cl)c2)=N/C1=C\c1ccccc1I. The molecule has 0 saturated heterocycles. The van der Waals surface area contributed by atoms with Crippen LogP contribution in [0.1, 0.15) is 11.1 Å². The van der Waals surface area contributed by atoms with Gasteiger partial charge in [0, 0.05) is 9.13 Å². The minimum atomic E-state index is -0.485. The summed E-state index contributed by atoms with van der Waals surface area (Å²) in [4.78, 5) is 16.2. The summed E-state index contributed by atoms with van der Waals surface area (Å²) in [5, 5.41) is 0.817. The van der Waals surface area contributed by atoms with E-state index in [1.165, 1.54) is 0 Å². The third kappa shape index (κ3) is 3.19. The van der Waals surface area contributed by atoms with E-state index in [9.17, 15) is 4.79 Å². The summed E-state index contributed by atoms with van der Waals surface area (Å²) in [7, 11) is 0. The molecule has 3 rings (SSSR count). The van der Waals surface area contributed by atoms with Crippen molar-refractivity contribution in [2.24, 2.45) is 4.99 Å². The number of hydrogen-bond donors (Lipinski definition) is 0. The number of ether oxygens (including phenoxy) is 1. The predicted octanol–water partition coefficient (Wildman–Crippen LogP) is 4.94. The fourth-order valence-corrected chi connectivity index (χ4v) is 2.74. The Bertz CT molecular complexity index is 831. The highest BCUT2D eigenvalue weighted by molar-refractivity contribution is 14.1. The van der Waals surface area contributed by atoms with Crippen LogP contribution in [0.5, 0.6) is 0 Å². The zero-order valence-corrected chi connectivity index (χ0v) is 14.7. The van der Waals surface area contributed by atoms with E-state index in [-0.39, 0.29) is 11.6 Å². The van der Waals surface area contributed by atoms with Crippen LogP contribution in [0, 0.1) is 3.57 Å². The van der Waals surface area contributed by atoms with Crippen molar-refractivity contribution in [3.05, 3.63) is 72.9 Å². The molecule has 0 unspecified atom stereocenters. The maximum atomic E-state index is 12.0. The van der Waals surface area contributed by atoms with Crippen molar-refractivity contribution in [3.8, 4) is 0 Å². The lowest BCUT2D eigenvalue weighted by Gasteiger charge is -2.01. The van der Waals surface area contributed by atoms with E-state index in [1.807, 2.05) is 24.3 Å². The molecular formula is C16H8Cl2INO2. The van der Waals surface area contributed by atoms with Gasteiger partial charge in [-0.1, -0.05) is 41.4 Å². The predicted molar refractivity (Wildman–Crippen MR) is 96.2 cm³/mol. The third-order valence-corrected chi connectivity index (χ3v) is 4.71. The van der Waals surface area contributed by atoms with E-state index >= 15 is 0 Å². The number of cyclic esters (lactones) is 1. The van der Waals surface area contributed by atoms with Crippen molar-refractivity contribution in [1.82, 2.24) is 0 Å². The second-order valence-electron chi connectivity index (χ2n) is 4.49. The number of halogens is 3. The van der Waals surface area contributed by atoms with Gasteiger partial charge in [-0.05, 0) is 58.5 Å². The fourth-order valence-electron chi connectivity index (χ4n) is 1.90. The highest BCUT2D eigenvalue weighted by atomic mass is 127. The molecule has 0 atom stereocenters. The molecule has 22 heavy (non-hydrogen) atoms. The molecule has 0 saturated carbocycles. The summed E-state index contributed by atoms with van der Waals surface area (Å²) in [5.74, 6) is -0.263. The van der Waals surface area contributed by atoms with E-state index in [0.717, 1.165) is 9.13 Å². The van der Waals surface area contributed by atoms with Crippen LogP contribution in [0.4, 0.5) is 0 Å². The van der Waals surface area contributed by atoms with Gasteiger partial charge in [0.15, 0.2) is 5.70 Å². The number of benzene rings is 2. The summed E-state index contributed by atoms with van der Waals surface area (Å²) < 4.78 is 6.23. The fraction of sp³-hybridized carbons (Fsp3) is 0. The third-order valence-electron chi connectivity index (χ3n) is 2.98. The summed E-state index contributed by atoms with van der Waals surface area (Å²) in [6, 6.07) is 12.7. The summed E-state index contributed by atoms with van der Waals surface area (Å²) in [5.41, 5.74) is 1.77. The van der Waals surface area contributed by atoms with Crippen LogP contribution in [0.3, 0.4) is 0 Å². The molecule has 0 N–H and O–H groups in total. The molecular weight excluding hydrogens is 436 g/mol. The number of carbonyl (C=O) groups is 1. The van der Waals surface area contributed by atoms with Gasteiger partial charge in [-0.15, -0.1) is 0 Å². The van der Waals surface area contributed by atoms with Crippen LogP contribution in [0.25, 0.3) is 6.08 Å². The number of esters is 1. The molecule has 3 nitrogen and oxygen atoms in total. The van der Waals surface area contributed by atoms with Crippen molar-refractivity contribution < 1.29 is 9.53 Å². The molecule has 0 amide bonds. The van der Waals surface area contributed by atoms with Gasteiger partial charge in [-0.2, -0.15) is 0 Å². The first-order valence-electron chi connectivity index (χ1n) is 6.27. The lowest BCUT2D eigenvalue weighted by molar-refractivity contribution is -0.129. The second-order valence-corrected chi connectivity index (χ2v) is 6.46. The van der Waals surface area contributed by atoms with Crippen molar-refractivity contribution in [3.63, 3.8) is 0 Å². The zero-order chi connectivity index (χ0) is 15.7. The van der Waals surface area contributed by atoms with Gasteiger partial charge in [0.1, 0.15) is 0 Å². The lowest BCUT2D eigenvalue weighted by atomic mass is 10.2. The second kappa shape index (κ2) is 6.40. The first kappa shape index (κ1) is 15.5. The van der Waals surface area contributed by atoms with Crippen molar-refractivity contribution in [1.29, 1.82) is 0 Å². The molecule has 0 aliphatic carbocycles. The minimum absolute atomic E-state index is 0.223. The normalized spacial score (nSPS) is 15.9. The van der Waals surface area contributed by atoms with Gasteiger partial charge >= 0.3 is 5.97 Å².